The maximum atomic E-state index is 5.72. The molecule has 0 aliphatic carbocycles. The predicted octanol–water partition coefficient (Wildman–Crippen LogP) is 0.927. The highest BCUT2D eigenvalue weighted by Crippen LogP contribution is 2.34. The Morgan fingerprint density at radius 3 is 2.67 bits per heavy atom. The maximum Gasteiger partial charge on any atom is 0.200 e. The summed E-state index contributed by atoms with van der Waals surface area (Å²) in [6.07, 6.45) is 0. The van der Waals surface area contributed by atoms with Gasteiger partial charge in [0.25, 0.3) is 0 Å². The lowest BCUT2D eigenvalue weighted by Crippen LogP contribution is -2.15. The van der Waals surface area contributed by atoms with E-state index < -0.39 is 0 Å². The van der Waals surface area contributed by atoms with Gasteiger partial charge < -0.3 is 19.8 Å². The fraction of sp³-hybridized carbons (Fsp3) is 0.300. The largest absolute Gasteiger partial charge is 0.486 e. The zero-order chi connectivity index (χ0) is 10.4. The number of hydrogen-bond donors (Lipinski definition) is 1. The quantitative estimate of drug-likeness (QED) is 0.694. The van der Waals surface area contributed by atoms with Crippen LogP contribution in [-0.4, -0.2) is 22.8 Å². The molecule has 2 N–H and O–H groups in total. The first kappa shape index (κ1) is 8.40. The molecule has 0 unspecified atom stereocenters. The molecule has 0 bridgehead atoms. The van der Waals surface area contributed by atoms with Crippen LogP contribution in [0, 0.1) is 0 Å². The number of aryl methyl sites for hydroxylation is 1. The second-order valence-electron chi connectivity index (χ2n) is 3.51. The second kappa shape index (κ2) is 2.79. The van der Waals surface area contributed by atoms with E-state index in [2.05, 4.69) is 4.98 Å². The summed E-state index contributed by atoms with van der Waals surface area (Å²) in [7, 11) is 1.88. The monoisotopic (exact) mass is 205 g/mol. The maximum absolute atomic E-state index is 5.72. The molecule has 15 heavy (non-hydrogen) atoms. The molecule has 0 amide bonds. The van der Waals surface area contributed by atoms with E-state index in [1.165, 1.54) is 0 Å². The lowest BCUT2D eigenvalue weighted by molar-refractivity contribution is 0.172. The highest BCUT2D eigenvalue weighted by molar-refractivity contribution is 5.82. The average Bonchev–Trinajstić information content (AvgIpc) is 2.52. The van der Waals surface area contributed by atoms with Crippen LogP contribution in [0.15, 0.2) is 12.1 Å². The minimum absolute atomic E-state index is 0.493. The Kier molecular flexibility index (Phi) is 1.56. The molecule has 1 aromatic carbocycles. The number of aromatic nitrogens is 2. The van der Waals surface area contributed by atoms with Gasteiger partial charge in [-0.25, -0.2) is 4.98 Å². The lowest BCUT2D eigenvalue weighted by Gasteiger charge is -2.17. The fourth-order valence-electron chi connectivity index (χ4n) is 1.75. The number of rotatable bonds is 0. The summed E-state index contributed by atoms with van der Waals surface area (Å²) >= 11 is 0. The number of hydrogen-bond acceptors (Lipinski definition) is 4. The van der Waals surface area contributed by atoms with Crippen molar-refractivity contribution in [3.05, 3.63) is 12.1 Å². The molecule has 1 aliphatic rings. The number of ether oxygens (including phenoxy) is 2. The molecule has 5 heteroatoms. The fourth-order valence-corrected chi connectivity index (χ4v) is 1.75. The van der Waals surface area contributed by atoms with E-state index in [1.54, 1.807) is 0 Å². The van der Waals surface area contributed by atoms with Gasteiger partial charge in [0.15, 0.2) is 11.5 Å². The Morgan fingerprint density at radius 1 is 1.27 bits per heavy atom. The van der Waals surface area contributed by atoms with Crippen LogP contribution in [0.25, 0.3) is 11.0 Å². The minimum atomic E-state index is 0.493. The minimum Gasteiger partial charge on any atom is -0.486 e. The van der Waals surface area contributed by atoms with Gasteiger partial charge in [0.1, 0.15) is 13.2 Å². The number of nitrogens with two attached hydrogens (primary N) is 1. The van der Waals surface area contributed by atoms with Gasteiger partial charge in [-0.2, -0.15) is 0 Å². The van der Waals surface area contributed by atoms with Crippen molar-refractivity contribution >= 4 is 17.0 Å². The number of fused-ring (bicyclic) bond motifs is 2. The Balaban J connectivity index is 2.30. The van der Waals surface area contributed by atoms with Crippen molar-refractivity contribution in [3.8, 4) is 11.5 Å². The second-order valence-corrected chi connectivity index (χ2v) is 3.51. The third-order valence-electron chi connectivity index (χ3n) is 2.58. The molecular formula is C10H11N3O2. The molecular weight excluding hydrogens is 194 g/mol. The molecule has 0 radical (unpaired) electrons. The summed E-state index contributed by atoms with van der Waals surface area (Å²) in [6, 6.07) is 3.77. The third kappa shape index (κ3) is 1.12. The van der Waals surface area contributed by atoms with Gasteiger partial charge in [-0.3, -0.25) is 0 Å². The number of imidazole rings is 1. The highest BCUT2D eigenvalue weighted by Gasteiger charge is 2.15. The molecule has 0 atom stereocenters. The first-order valence-corrected chi connectivity index (χ1v) is 4.77. The zero-order valence-corrected chi connectivity index (χ0v) is 8.36. The average molecular weight is 205 g/mol. The van der Waals surface area contributed by atoms with Crippen molar-refractivity contribution in [2.45, 2.75) is 0 Å². The summed E-state index contributed by atoms with van der Waals surface area (Å²) in [5.41, 5.74) is 7.51. The van der Waals surface area contributed by atoms with E-state index >= 15 is 0 Å². The summed E-state index contributed by atoms with van der Waals surface area (Å²) in [6.45, 7) is 1.17. The Labute approximate surface area is 86.4 Å². The van der Waals surface area contributed by atoms with Crippen LogP contribution < -0.4 is 15.2 Å². The van der Waals surface area contributed by atoms with Gasteiger partial charge in [-0.05, 0) is 0 Å². The van der Waals surface area contributed by atoms with Crippen molar-refractivity contribution < 1.29 is 9.47 Å². The van der Waals surface area contributed by atoms with Crippen LogP contribution in [0.1, 0.15) is 0 Å². The van der Waals surface area contributed by atoms with Crippen molar-refractivity contribution in [1.82, 2.24) is 9.55 Å². The van der Waals surface area contributed by atoms with Gasteiger partial charge in [0, 0.05) is 19.2 Å². The standard InChI is InChI=1S/C10H11N3O2/c1-13-7-5-9-8(14-2-3-15-9)4-6(7)12-10(13)11/h4-5H,2-3H2,1H3,(H2,11,12). The lowest BCUT2D eigenvalue weighted by atomic mass is 10.2. The molecule has 0 saturated carbocycles. The van der Waals surface area contributed by atoms with Crippen LogP contribution in [0.3, 0.4) is 0 Å². The Morgan fingerprint density at radius 2 is 1.93 bits per heavy atom. The van der Waals surface area contributed by atoms with Gasteiger partial charge in [0.2, 0.25) is 5.95 Å². The van der Waals surface area contributed by atoms with Crippen molar-refractivity contribution in [3.63, 3.8) is 0 Å². The molecule has 3 rings (SSSR count). The Hall–Kier alpha value is -1.91. The van der Waals surface area contributed by atoms with Gasteiger partial charge in [-0.1, -0.05) is 0 Å². The first-order chi connectivity index (χ1) is 7.25. The molecule has 2 heterocycles. The number of anilines is 1. The summed E-state index contributed by atoms with van der Waals surface area (Å²) in [5, 5.41) is 0. The van der Waals surface area contributed by atoms with E-state index in [-0.39, 0.29) is 0 Å². The zero-order valence-electron chi connectivity index (χ0n) is 8.36. The molecule has 0 fully saturated rings. The number of nitrogens with zero attached hydrogens (tertiary/aromatic N) is 2. The molecule has 1 aliphatic heterocycles. The number of benzene rings is 1. The normalized spacial score (nSPS) is 14.5. The van der Waals surface area contributed by atoms with E-state index in [0.29, 0.717) is 19.2 Å². The Bertz CT molecular complexity index is 533. The molecule has 78 valence electrons. The van der Waals surface area contributed by atoms with Crippen LogP contribution in [-0.2, 0) is 7.05 Å². The topological polar surface area (TPSA) is 62.3 Å². The highest BCUT2D eigenvalue weighted by atomic mass is 16.6. The summed E-state index contributed by atoms with van der Waals surface area (Å²) in [5.74, 6) is 2.00. The van der Waals surface area contributed by atoms with E-state index in [9.17, 15) is 0 Å². The molecule has 1 aromatic heterocycles. The smallest absolute Gasteiger partial charge is 0.200 e. The first-order valence-electron chi connectivity index (χ1n) is 4.77. The van der Waals surface area contributed by atoms with Gasteiger partial charge >= 0.3 is 0 Å². The predicted molar refractivity (Wildman–Crippen MR) is 56.1 cm³/mol. The number of nitrogen functional groups attached to an aromatic ring is 1. The van der Waals surface area contributed by atoms with Crippen LogP contribution >= 0.6 is 0 Å². The SMILES string of the molecule is Cn1c(N)nc2cc3c(cc21)OCCO3. The van der Waals surface area contributed by atoms with E-state index in [4.69, 9.17) is 15.2 Å². The van der Waals surface area contributed by atoms with Crippen LogP contribution in [0.5, 0.6) is 11.5 Å². The molecule has 0 saturated heterocycles. The van der Waals surface area contributed by atoms with Crippen molar-refractivity contribution in [1.29, 1.82) is 0 Å². The molecule has 2 aromatic rings. The molecule has 0 spiro atoms. The molecule has 5 nitrogen and oxygen atoms in total. The summed E-state index contributed by atoms with van der Waals surface area (Å²) in [4.78, 5) is 4.23. The van der Waals surface area contributed by atoms with Crippen molar-refractivity contribution in [2.24, 2.45) is 7.05 Å². The van der Waals surface area contributed by atoms with Crippen molar-refractivity contribution in [2.75, 3.05) is 18.9 Å². The van der Waals surface area contributed by atoms with Gasteiger partial charge in [-0.15, -0.1) is 0 Å². The summed E-state index contributed by atoms with van der Waals surface area (Å²) < 4.78 is 12.8. The van der Waals surface area contributed by atoms with Gasteiger partial charge in [0.05, 0.1) is 11.0 Å². The third-order valence-corrected chi connectivity index (χ3v) is 2.58. The van der Waals surface area contributed by atoms with E-state index in [1.807, 2.05) is 23.7 Å². The van der Waals surface area contributed by atoms with E-state index in [0.717, 1.165) is 22.5 Å². The van der Waals surface area contributed by atoms with Crippen LogP contribution in [0.4, 0.5) is 5.95 Å². The van der Waals surface area contributed by atoms with Crippen LogP contribution in [0.2, 0.25) is 0 Å².